The number of nitrogens with one attached hydrogen (secondary N) is 1. The minimum atomic E-state index is -0.838. The van der Waals surface area contributed by atoms with E-state index in [1.165, 1.54) is 11.8 Å². The third-order valence-electron chi connectivity index (χ3n) is 2.60. The lowest BCUT2D eigenvalue weighted by atomic mass is 10.2. The van der Waals surface area contributed by atoms with Crippen molar-refractivity contribution in [1.29, 1.82) is 0 Å². The fourth-order valence-corrected chi connectivity index (χ4v) is 2.23. The molecule has 0 atom stereocenters. The first kappa shape index (κ1) is 14.8. The smallest absolute Gasteiger partial charge is 0.257 e. The summed E-state index contributed by atoms with van der Waals surface area (Å²) in [6.07, 6.45) is 1.87. The Morgan fingerprint density at radius 1 is 1.20 bits per heavy atom. The molecule has 0 saturated heterocycles. The Kier molecular flexibility index (Phi) is 4.62. The largest absolute Gasteiger partial charge is 0.319 e. The Morgan fingerprint density at radius 2 is 1.95 bits per heavy atom. The van der Waals surface area contributed by atoms with Gasteiger partial charge in [-0.25, -0.2) is 8.78 Å². The lowest BCUT2D eigenvalue weighted by Gasteiger charge is -2.09. The Morgan fingerprint density at radius 3 is 2.60 bits per heavy atom. The number of anilines is 1. The predicted octanol–water partition coefficient (Wildman–Crippen LogP) is 4.59. The molecule has 0 heterocycles. The normalized spacial score (nSPS) is 10.4. The van der Waals surface area contributed by atoms with Crippen LogP contribution in [0.5, 0.6) is 0 Å². The molecule has 0 radical (unpaired) electrons. The highest BCUT2D eigenvalue weighted by atomic mass is 35.5. The maximum Gasteiger partial charge on any atom is 0.257 e. The Hall–Kier alpha value is -1.59. The third kappa shape index (κ3) is 3.29. The summed E-state index contributed by atoms with van der Waals surface area (Å²) in [5, 5.41) is 2.64. The zero-order chi connectivity index (χ0) is 14.7. The van der Waals surface area contributed by atoms with Gasteiger partial charge >= 0.3 is 0 Å². The van der Waals surface area contributed by atoms with Gasteiger partial charge in [0.25, 0.3) is 5.91 Å². The monoisotopic (exact) mass is 313 g/mol. The van der Waals surface area contributed by atoms with E-state index >= 15 is 0 Å². The van der Waals surface area contributed by atoms with Crippen molar-refractivity contribution >= 4 is 35.0 Å². The molecule has 2 aromatic carbocycles. The molecule has 2 nitrogen and oxygen atoms in total. The number of carbonyl (C=O) groups excluding carboxylic acids is 1. The van der Waals surface area contributed by atoms with Crippen LogP contribution in [0, 0.1) is 11.6 Å². The Bertz CT molecular complexity index is 664. The van der Waals surface area contributed by atoms with Gasteiger partial charge in [0.05, 0.1) is 16.3 Å². The molecule has 0 aliphatic heterocycles. The first-order chi connectivity index (χ1) is 9.51. The maximum atomic E-state index is 13.5. The van der Waals surface area contributed by atoms with Crippen LogP contribution in [0.4, 0.5) is 14.5 Å². The summed E-state index contributed by atoms with van der Waals surface area (Å²) in [6, 6.07) is 7.93. The van der Waals surface area contributed by atoms with Gasteiger partial charge in [0.2, 0.25) is 0 Å². The predicted molar refractivity (Wildman–Crippen MR) is 77.5 cm³/mol. The van der Waals surface area contributed by atoms with Gasteiger partial charge < -0.3 is 5.32 Å². The molecule has 6 heteroatoms. The first-order valence-corrected chi connectivity index (χ1v) is 7.21. The van der Waals surface area contributed by atoms with Crippen LogP contribution >= 0.6 is 23.4 Å². The van der Waals surface area contributed by atoms with E-state index in [0.29, 0.717) is 6.07 Å². The molecule has 2 aromatic rings. The number of amides is 1. The zero-order valence-electron chi connectivity index (χ0n) is 10.4. The molecule has 2 rings (SSSR count). The molecule has 1 N–H and O–H groups in total. The van der Waals surface area contributed by atoms with Crippen molar-refractivity contribution in [3.63, 3.8) is 0 Å². The van der Waals surface area contributed by atoms with Crippen LogP contribution in [0.2, 0.25) is 5.02 Å². The van der Waals surface area contributed by atoms with Crippen LogP contribution < -0.4 is 5.32 Å². The van der Waals surface area contributed by atoms with Crippen LogP contribution in [0.15, 0.2) is 41.3 Å². The number of hydrogen-bond donors (Lipinski definition) is 1. The van der Waals surface area contributed by atoms with Crippen LogP contribution in [-0.4, -0.2) is 12.2 Å². The number of halogens is 3. The first-order valence-electron chi connectivity index (χ1n) is 5.61. The maximum absolute atomic E-state index is 13.5. The highest BCUT2D eigenvalue weighted by Crippen LogP contribution is 2.24. The fourth-order valence-electron chi connectivity index (χ4n) is 1.59. The molecule has 0 aliphatic carbocycles. The summed E-state index contributed by atoms with van der Waals surface area (Å²) in [5.41, 5.74) is 0.143. The average Bonchev–Trinajstić information content (AvgIpc) is 2.42. The summed E-state index contributed by atoms with van der Waals surface area (Å²) >= 11 is 7.41. The van der Waals surface area contributed by atoms with E-state index in [9.17, 15) is 13.6 Å². The minimum Gasteiger partial charge on any atom is -0.319 e. The van der Waals surface area contributed by atoms with Gasteiger partial charge in [-0.1, -0.05) is 11.6 Å². The standard InChI is InChI=1S/C14H10ClF2NOS/c1-20-9-3-4-11(15)10(7-9)14(19)18-13-5-2-8(16)6-12(13)17/h2-7H,1H3,(H,18,19). The topological polar surface area (TPSA) is 29.1 Å². The van der Waals surface area contributed by atoms with E-state index in [1.54, 1.807) is 18.2 Å². The summed E-state index contributed by atoms with van der Waals surface area (Å²) in [6.45, 7) is 0. The third-order valence-corrected chi connectivity index (χ3v) is 3.65. The van der Waals surface area contributed by atoms with Crippen molar-refractivity contribution in [3.05, 3.63) is 58.6 Å². The molecule has 0 fully saturated rings. The van der Waals surface area contributed by atoms with Crippen molar-refractivity contribution in [1.82, 2.24) is 0 Å². The number of thioether (sulfide) groups is 1. The quantitative estimate of drug-likeness (QED) is 0.840. The second-order valence-electron chi connectivity index (χ2n) is 3.92. The molecule has 1 amide bonds. The second-order valence-corrected chi connectivity index (χ2v) is 5.21. The molecule has 0 spiro atoms. The molecule has 0 aromatic heterocycles. The Balaban J connectivity index is 2.28. The molecular weight excluding hydrogens is 304 g/mol. The summed E-state index contributed by atoms with van der Waals surface area (Å²) < 4.78 is 26.3. The number of rotatable bonds is 3. The van der Waals surface area contributed by atoms with Crippen LogP contribution in [0.1, 0.15) is 10.4 Å². The lowest BCUT2D eigenvalue weighted by Crippen LogP contribution is -2.13. The van der Waals surface area contributed by atoms with E-state index in [0.717, 1.165) is 17.0 Å². The van der Waals surface area contributed by atoms with Crippen molar-refractivity contribution in [2.24, 2.45) is 0 Å². The molecular formula is C14H10ClF2NOS. The summed E-state index contributed by atoms with van der Waals surface area (Å²) in [7, 11) is 0. The minimum absolute atomic E-state index is 0.0954. The van der Waals surface area contributed by atoms with E-state index in [2.05, 4.69) is 5.32 Å². The van der Waals surface area contributed by atoms with E-state index in [1.807, 2.05) is 6.26 Å². The number of hydrogen-bond acceptors (Lipinski definition) is 2. The molecule has 0 aliphatic rings. The fraction of sp³-hybridized carbons (Fsp3) is 0.0714. The van der Waals surface area contributed by atoms with Crippen molar-refractivity contribution in [2.75, 3.05) is 11.6 Å². The SMILES string of the molecule is CSc1ccc(Cl)c(C(=O)Nc2ccc(F)cc2F)c1. The highest BCUT2D eigenvalue weighted by Gasteiger charge is 2.13. The van der Waals surface area contributed by atoms with E-state index < -0.39 is 17.5 Å². The van der Waals surface area contributed by atoms with E-state index in [4.69, 9.17) is 11.6 Å². The molecule has 0 saturated carbocycles. The van der Waals surface area contributed by atoms with Gasteiger partial charge in [0, 0.05) is 11.0 Å². The van der Waals surface area contributed by atoms with Gasteiger partial charge in [0.15, 0.2) is 0 Å². The zero-order valence-corrected chi connectivity index (χ0v) is 12.0. The molecule has 20 heavy (non-hydrogen) atoms. The Labute approximate surface area is 124 Å². The van der Waals surface area contributed by atoms with Crippen molar-refractivity contribution < 1.29 is 13.6 Å². The van der Waals surface area contributed by atoms with Gasteiger partial charge in [-0.3, -0.25) is 4.79 Å². The number of carbonyl (C=O) groups is 1. The van der Waals surface area contributed by atoms with Gasteiger partial charge in [-0.05, 0) is 36.6 Å². The van der Waals surface area contributed by atoms with Gasteiger partial charge in [0.1, 0.15) is 11.6 Å². The van der Waals surface area contributed by atoms with Crippen LogP contribution in [-0.2, 0) is 0 Å². The van der Waals surface area contributed by atoms with Crippen LogP contribution in [0.25, 0.3) is 0 Å². The molecule has 104 valence electrons. The van der Waals surface area contributed by atoms with Gasteiger partial charge in [-0.15, -0.1) is 11.8 Å². The lowest BCUT2D eigenvalue weighted by molar-refractivity contribution is 0.102. The second kappa shape index (κ2) is 6.24. The molecule has 0 bridgehead atoms. The van der Waals surface area contributed by atoms with Crippen LogP contribution in [0.3, 0.4) is 0 Å². The van der Waals surface area contributed by atoms with E-state index in [-0.39, 0.29) is 16.3 Å². The summed E-state index contributed by atoms with van der Waals surface area (Å²) in [5.74, 6) is -2.09. The average molecular weight is 314 g/mol. The molecule has 0 unspecified atom stereocenters. The van der Waals surface area contributed by atoms with Crippen molar-refractivity contribution in [3.8, 4) is 0 Å². The highest BCUT2D eigenvalue weighted by molar-refractivity contribution is 7.98. The van der Waals surface area contributed by atoms with Crippen molar-refractivity contribution in [2.45, 2.75) is 4.90 Å². The number of benzene rings is 2. The van der Waals surface area contributed by atoms with Gasteiger partial charge in [-0.2, -0.15) is 0 Å². The summed E-state index contributed by atoms with van der Waals surface area (Å²) in [4.78, 5) is 12.9.